The molecule has 0 radical (unpaired) electrons. The van der Waals surface area contributed by atoms with Crippen molar-refractivity contribution in [3.8, 4) is 16.3 Å². The van der Waals surface area contributed by atoms with Gasteiger partial charge in [0.25, 0.3) is 0 Å². The molecule has 2 aromatic heterocycles. The molecule has 2 amide bonds. The Kier molecular flexibility index (Phi) is 5.37. The van der Waals surface area contributed by atoms with Crippen LogP contribution in [0.4, 0.5) is 20.0 Å². The molecule has 0 aliphatic heterocycles. The normalized spacial score (nSPS) is 10.6. The number of nitrogens with one attached hydrogen (secondary N) is 2. The topological polar surface area (TPSA) is 89.0 Å². The number of amides is 2. The molecule has 3 rings (SSSR count). The van der Waals surface area contributed by atoms with Crippen LogP contribution in [0.2, 0.25) is 0 Å². The van der Waals surface area contributed by atoms with E-state index in [1.807, 2.05) is 19.9 Å². The first-order valence-electron chi connectivity index (χ1n) is 7.79. The van der Waals surface area contributed by atoms with E-state index in [1.165, 1.54) is 23.5 Å². The van der Waals surface area contributed by atoms with Crippen molar-refractivity contribution in [2.45, 2.75) is 20.0 Å². The van der Waals surface area contributed by atoms with Gasteiger partial charge >= 0.3 is 6.03 Å². The van der Waals surface area contributed by atoms with E-state index in [1.54, 1.807) is 24.5 Å². The summed E-state index contributed by atoms with van der Waals surface area (Å²) in [6, 6.07) is 7.26. The second kappa shape index (κ2) is 7.87. The van der Waals surface area contributed by atoms with Crippen LogP contribution in [0.3, 0.4) is 0 Å². The summed E-state index contributed by atoms with van der Waals surface area (Å²) in [6.45, 7) is 3.69. The van der Waals surface area contributed by atoms with Gasteiger partial charge in [-0.25, -0.2) is 9.18 Å². The summed E-state index contributed by atoms with van der Waals surface area (Å²) in [5.41, 5.74) is 0.834. The Balaban J connectivity index is 1.63. The minimum atomic E-state index is -0.615. The molecular weight excluding hydrogens is 357 g/mol. The predicted molar refractivity (Wildman–Crippen MR) is 97.9 cm³/mol. The summed E-state index contributed by atoms with van der Waals surface area (Å²) in [7, 11) is 0. The van der Waals surface area contributed by atoms with Gasteiger partial charge in [0.15, 0.2) is 5.01 Å². The zero-order chi connectivity index (χ0) is 18.5. The van der Waals surface area contributed by atoms with Crippen molar-refractivity contribution in [3.05, 3.63) is 48.5 Å². The number of ether oxygens (including phenoxy) is 1. The Morgan fingerprint density at radius 3 is 2.77 bits per heavy atom. The van der Waals surface area contributed by atoms with Crippen LogP contribution in [-0.4, -0.2) is 27.3 Å². The molecule has 0 saturated carbocycles. The van der Waals surface area contributed by atoms with E-state index in [-0.39, 0.29) is 11.8 Å². The number of hydrogen-bond acceptors (Lipinski definition) is 6. The van der Waals surface area contributed by atoms with Gasteiger partial charge in [-0.15, -0.1) is 10.2 Å². The zero-order valence-electron chi connectivity index (χ0n) is 14.1. The highest BCUT2D eigenvalue weighted by molar-refractivity contribution is 7.18. The number of carbonyl (C=O) groups is 1. The predicted octanol–water partition coefficient (Wildman–Crippen LogP) is 4.17. The number of benzene rings is 1. The van der Waals surface area contributed by atoms with E-state index < -0.39 is 11.8 Å². The Morgan fingerprint density at radius 1 is 1.23 bits per heavy atom. The fourth-order valence-electron chi connectivity index (χ4n) is 2.07. The van der Waals surface area contributed by atoms with Crippen LogP contribution in [0, 0.1) is 5.82 Å². The third-order valence-corrected chi connectivity index (χ3v) is 4.00. The van der Waals surface area contributed by atoms with Crippen molar-refractivity contribution in [3.63, 3.8) is 0 Å². The van der Waals surface area contributed by atoms with E-state index in [4.69, 9.17) is 4.74 Å². The summed E-state index contributed by atoms with van der Waals surface area (Å²) in [5.74, 6) is -0.194. The van der Waals surface area contributed by atoms with E-state index in [0.717, 1.165) is 5.56 Å². The molecule has 0 spiro atoms. The highest BCUT2D eigenvalue weighted by Crippen LogP contribution is 2.26. The van der Waals surface area contributed by atoms with Gasteiger partial charge in [0.1, 0.15) is 11.6 Å². The molecule has 0 atom stereocenters. The first-order chi connectivity index (χ1) is 12.5. The minimum Gasteiger partial charge on any atom is -0.491 e. The van der Waals surface area contributed by atoms with Crippen molar-refractivity contribution in [1.29, 1.82) is 0 Å². The molecule has 0 unspecified atom stereocenters. The molecule has 0 saturated heterocycles. The monoisotopic (exact) mass is 373 g/mol. The number of anilines is 2. The molecular formula is C17H16FN5O2S. The van der Waals surface area contributed by atoms with Crippen molar-refractivity contribution < 1.29 is 13.9 Å². The summed E-state index contributed by atoms with van der Waals surface area (Å²) < 4.78 is 19.5. The molecule has 2 heterocycles. The number of nitrogens with zero attached hydrogens (tertiary/aromatic N) is 3. The number of carbonyl (C=O) groups excluding carboxylic acids is 1. The largest absolute Gasteiger partial charge is 0.491 e. The van der Waals surface area contributed by atoms with E-state index >= 15 is 0 Å². The molecule has 2 N–H and O–H groups in total. The molecule has 0 aliphatic rings. The van der Waals surface area contributed by atoms with Gasteiger partial charge in [-0.3, -0.25) is 10.3 Å². The average Bonchev–Trinajstić information content (AvgIpc) is 3.06. The maximum Gasteiger partial charge on any atom is 0.325 e. The van der Waals surface area contributed by atoms with Crippen LogP contribution in [0.15, 0.2) is 42.7 Å². The van der Waals surface area contributed by atoms with Crippen LogP contribution >= 0.6 is 11.3 Å². The summed E-state index contributed by atoms with van der Waals surface area (Å²) >= 11 is 1.19. The molecule has 1 aromatic carbocycles. The highest BCUT2D eigenvalue weighted by atomic mass is 32.1. The second-order valence-corrected chi connectivity index (χ2v) is 6.52. The number of hydrogen-bond donors (Lipinski definition) is 2. The molecule has 134 valence electrons. The standard InChI is InChI=1S/C17H16FN5O2S/c1-10(2)25-12-5-6-14(13(18)8-12)20-16(24)21-17-23-22-15(26-17)11-4-3-7-19-9-11/h3-10H,1-2H3,(H2,20,21,23,24). The van der Waals surface area contributed by atoms with Gasteiger partial charge in [0, 0.05) is 24.0 Å². The van der Waals surface area contributed by atoms with Crippen LogP contribution in [0.1, 0.15) is 13.8 Å². The van der Waals surface area contributed by atoms with Crippen LogP contribution < -0.4 is 15.4 Å². The fraction of sp³-hybridized carbons (Fsp3) is 0.176. The lowest BCUT2D eigenvalue weighted by molar-refractivity contribution is 0.241. The molecule has 3 aromatic rings. The molecule has 7 nitrogen and oxygen atoms in total. The first-order valence-corrected chi connectivity index (χ1v) is 8.61. The Bertz CT molecular complexity index is 901. The van der Waals surface area contributed by atoms with Gasteiger partial charge in [-0.05, 0) is 38.1 Å². The average molecular weight is 373 g/mol. The van der Waals surface area contributed by atoms with Gasteiger partial charge in [-0.1, -0.05) is 11.3 Å². The third kappa shape index (κ3) is 4.51. The first kappa shape index (κ1) is 17.7. The van der Waals surface area contributed by atoms with Crippen molar-refractivity contribution >= 4 is 28.2 Å². The number of pyridine rings is 1. The summed E-state index contributed by atoms with van der Waals surface area (Å²) in [4.78, 5) is 16.1. The summed E-state index contributed by atoms with van der Waals surface area (Å²) in [5, 5.41) is 13.8. The second-order valence-electron chi connectivity index (χ2n) is 5.54. The van der Waals surface area contributed by atoms with Gasteiger partial charge in [0.05, 0.1) is 11.8 Å². The van der Waals surface area contributed by atoms with Crippen molar-refractivity contribution in [2.75, 3.05) is 10.6 Å². The number of aromatic nitrogens is 3. The summed E-state index contributed by atoms with van der Waals surface area (Å²) in [6.07, 6.45) is 3.24. The Labute approximate surface area is 153 Å². The Hall–Kier alpha value is -3.07. The van der Waals surface area contributed by atoms with E-state index in [0.29, 0.717) is 15.9 Å². The maximum absolute atomic E-state index is 14.1. The maximum atomic E-state index is 14.1. The third-order valence-electron chi connectivity index (χ3n) is 3.11. The molecule has 0 aliphatic carbocycles. The van der Waals surface area contributed by atoms with Gasteiger partial charge in [0.2, 0.25) is 5.13 Å². The lowest BCUT2D eigenvalue weighted by atomic mass is 10.3. The zero-order valence-corrected chi connectivity index (χ0v) is 14.9. The number of rotatable bonds is 5. The van der Waals surface area contributed by atoms with Crippen molar-refractivity contribution in [2.24, 2.45) is 0 Å². The lowest BCUT2D eigenvalue weighted by Crippen LogP contribution is -2.20. The van der Waals surface area contributed by atoms with Crippen LogP contribution in [-0.2, 0) is 0 Å². The number of halogens is 1. The van der Waals surface area contributed by atoms with Crippen molar-refractivity contribution in [1.82, 2.24) is 15.2 Å². The van der Waals surface area contributed by atoms with Crippen LogP contribution in [0.5, 0.6) is 5.75 Å². The lowest BCUT2D eigenvalue weighted by Gasteiger charge is -2.11. The molecule has 0 bridgehead atoms. The molecule has 0 fully saturated rings. The van der Waals surface area contributed by atoms with Gasteiger partial charge in [-0.2, -0.15) is 0 Å². The quantitative estimate of drug-likeness (QED) is 0.701. The minimum absolute atomic E-state index is 0.0376. The number of urea groups is 1. The van der Waals surface area contributed by atoms with Gasteiger partial charge < -0.3 is 10.1 Å². The van der Waals surface area contributed by atoms with Crippen LogP contribution in [0.25, 0.3) is 10.6 Å². The smallest absolute Gasteiger partial charge is 0.325 e. The highest BCUT2D eigenvalue weighted by Gasteiger charge is 2.12. The fourth-order valence-corrected chi connectivity index (χ4v) is 2.80. The molecule has 9 heteroatoms. The molecule has 26 heavy (non-hydrogen) atoms. The van der Waals surface area contributed by atoms with E-state index in [2.05, 4.69) is 25.8 Å². The van der Waals surface area contributed by atoms with E-state index in [9.17, 15) is 9.18 Å². The SMILES string of the molecule is CC(C)Oc1ccc(NC(=O)Nc2nnc(-c3cccnc3)s2)c(F)c1. The Morgan fingerprint density at radius 2 is 2.08 bits per heavy atom.